The summed E-state index contributed by atoms with van der Waals surface area (Å²) in [6.45, 7) is 6.43. The van der Waals surface area contributed by atoms with Gasteiger partial charge in [0.25, 0.3) is 0 Å². The molecule has 0 bridgehead atoms. The summed E-state index contributed by atoms with van der Waals surface area (Å²) in [5, 5.41) is 8.74. The molecule has 232 valence electrons. The molecule has 0 saturated carbocycles. The number of halogens is 1. The van der Waals surface area contributed by atoms with Crippen molar-refractivity contribution in [2.75, 3.05) is 45.6 Å². The molecule has 3 aromatic rings. The van der Waals surface area contributed by atoms with Crippen LogP contribution < -0.4 is 11.1 Å². The van der Waals surface area contributed by atoms with Crippen molar-refractivity contribution in [2.45, 2.75) is 44.9 Å². The fraction of sp³-hybridized carbons (Fsp3) is 0.438. The van der Waals surface area contributed by atoms with E-state index in [1.807, 2.05) is 36.4 Å². The van der Waals surface area contributed by atoms with Gasteiger partial charge in [-0.05, 0) is 48.2 Å². The van der Waals surface area contributed by atoms with Gasteiger partial charge in [0.2, 0.25) is 15.9 Å². The van der Waals surface area contributed by atoms with Crippen LogP contribution in [0.5, 0.6) is 0 Å². The van der Waals surface area contributed by atoms with Gasteiger partial charge in [0.1, 0.15) is 0 Å². The summed E-state index contributed by atoms with van der Waals surface area (Å²) in [7, 11) is -3.35. The van der Waals surface area contributed by atoms with Crippen LogP contribution in [0.4, 0.5) is 0 Å². The summed E-state index contributed by atoms with van der Waals surface area (Å²) in [4.78, 5) is 14.0. The third kappa shape index (κ3) is 6.86. The summed E-state index contributed by atoms with van der Waals surface area (Å²) >= 11 is 6.60. The second-order valence-electron chi connectivity index (χ2n) is 11.6. The van der Waals surface area contributed by atoms with E-state index in [9.17, 15) is 13.2 Å². The minimum absolute atomic E-state index is 0.288. The zero-order valence-electron chi connectivity index (χ0n) is 24.8. The number of fused-ring (bicyclic) bond motifs is 2. The molecule has 2 aromatic carbocycles. The summed E-state index contributed by atoms with van der Waals surface area (Å²) < 4.78 is 34.0. The molecule has 1 saturated heterocycles. The molecule has 1 aromatic heterocycles. The van der Waals surface area contributed by atoms with Gasteiger partial charge in [0.15, 0.2) is 0 Å². The lowest BCUT2D eigenvalue weighted by atomic mass is 9.94. The Morgan fingerprint density at radius 2 is 1.93 bits per heavy atom. The van der Waals surface area contributed by atoms with Crippen LogP contribution in [-0.4, -0.2) is 85.0 Å². The second-order valence-corrected chi connectivity index (χ2v) is 14.0. The number of primary amides is 1. The average Bonchev–Trinajstić information content (AvgIpc) is 3.38. The molecule has 6 rings (SSSR count). The fourth-order valence-electron chi connectivity index (χ4n) is 6.14. The van der Waals surface area contributed by atoms with Gasteiger partial charge < -0.3 is 15.8 Å². The maximum atomic E-state index is 12.5. The Kier molecular flexibility index (Phi) is 9.10. The normalized spacial score (nSPS) is 19.1. The predicted octanol–water partition coefficient (Wildman–Crippen LogP) is 2.14. The van der Waals surface area contributed by atoms with Crippen LogP contribution in [0.1, 0.15) is 39.9 Å². The smallest absolute Gasteiger partial charge is 0.234 e. The Hall–Kier alpha value is -3.24. The highest BCUT2D eigenvalue weighted by Crippen LogP contribution is 2.33. The second kappa shape index (κ2) is 13.0. The van der Waals surface area contributed by atoms with Crippen molar-refractivity contribution in [1.82, 2.24) is 24.3 Å². The third-order valence-electron chi connectivity index (χ3n) is 8.61. The van der Waals surface area contributed by atoms with E-state index in [2.05, 4.69) is 26.7 Å². The van der Waals surface area contributed by atoms with E-state index in [0.29, 0.717) is 36.5 Å². The SMILES string of the molecule is CS(=O)(=O)N1CCc2c(c(-c3ccc(Cl)c(C#Cc4ccc5c(c4)CN[C@H](C(N)=O)C5)c3)nn2CCCN2CCOCC2)C1. The van der Waals surface area contributed by atoms with Gasteiger partial charge in [-0.3, -0.25) is 14.4 Å². The van der Waals surface area contributed by atoms with Gasteiger partial charge in [0.05, 0.1) is 36.2 Å². The molecule has 0 aliphatic carbocycles. The fourth-order valence-corrected chi connectivity index (χ4v) is 7.09. The first-order chi connectivity index (χ1) is 21.2. The maximum absolute atomic E-state index is 12.5. The summed E-state index contributed by atoms with van der Waals surface area (Å²) in [6.07, 6.45) is 3.38. The van der Waals surface area contributed by atoms with Crippen LogP contribution in [0.15, 0.2) is 36.4 Å². The predicted molar refractivity (Wildman–Crippen MR) is 169 cm³/mol. The van der Waals surface area contributed by atoms with Gasteiger partial charge in [-0.15, -0.1) is 0 Å². The highest BCUT2D eigenvalue weighted by atomic mass is 35.5. The molecule has 3 N–H and O–H groups in total. The number of carbonyl (C=O) groups is 1. The van der Waals surface area contributed by atoms with Gasteiger partial charge in [-0.2, -0.15) is 9.40 Å². The molecule has 1 fully saturated rings. The van der Waals surface area contributed by atoms with Gasteiger partial charge in [-0.1, -0.05) is 35.6 Å². The van der Waals surface area contributed by atoms with Crippen LogP contribution in [0.25, 0.3) is 11.3 Å². The number of morpholine rings is 1. The quantitative estimate of drug-likeness (QED) is 0.381. The number of aryl methyl sites for hydroxylation is 1. The van der Waals surface area contributed by atoms with Crippen molar-refractivity contribution in [1.29, 1.82) is 0 Å². The molecule has 3 aliphatic rings. The van der Waals surface area contributed by atoms with E-state index in [1.54, 1.807) is 0 Å². The zero-order chi connectivity index (χ0) is 30.8. The molecule has 1 amide bonds. The Bertz CT molecular complexity index is 1740. The molecule has 12 heteroatoms. The number of carbonyl (C=O) groups excluding carboxylic acids is 1. The Morgan fingerprint density at radius 3 is 2.70 bits per heavy atom. The molecule has 10 nitrogen and oxygen atoms in total. The lowest BCUT2D eigenvalue weighted by Gasteiger charge is -2.27. The van der Waals surface area contributed by atoms with E-state index < -0.39 is 10.0 Å². The Morgan fingerprint density at radius 1 is 1.11 bits per heavy atom. The average molecular weight is 637 g/mol. The van der Waals surface area contributed by atoms with Crippen molar-refractivity contribution >= 4 is 27.5 Å². The lowest BCUT2D eigenvalue weighted by molar-refractivity contribution is -0.120. The van der Waals surface area contributed by atoms with Gasteiger partial charge >= 0.3 is 0 Å². The lowest BCUT2D eigenvalue weighted by Crippen LogP contribution is -2.45. The minimum atomic E-state index is -3.35. The number of nitrogens with two attached hydrogens (primary N) is 1. The number of nitrogens with one attached hydrogen (secondary N) is 1. The maximum Gasteiger partial charge on any atom is 0.234 e. The number of benzene rings is 2. The van der Waals surface area contributed by atoms with Crippen molar-refractivity contribution in [3.8, 4) is 23.1 Å². The van der Waals surface area contributed by atoms with E-state index >= 15 is 0 Å². The van der Waals surface area contributed by atoms with E-state index in [-0.39, 0.29) is 18.5 Å². The van der Waals surface area contributed by atoms with Crippen LogP contribution in [0.2, 0.25) is 5.02 Å². The Labute approximate surface area is 263 Å². The van der Waals surface area contributed by atoms with Crippen molar-refractivity contribution in [3.63, 3.8) is 0 Å². The highest BCUT2D eigenvalue weighted by Gasteiger charge is 2.30. The number of rotatable bonds is 7. The van der Waals surface area contributed by atoms with Crippen LogP contribution in [0.3, 0.4) is 0 Å². The molecular formula is C32H37ClN6O4S. The molecule has 4 heterocycles. The van der Waals surface area contributed by atoms with Gasteiger partial charge in [0, 0.05) is 80.2 Å². The number of hydrogen-bond donors (Lipinski definition) is 2. The standard InChI is InChI=1S/C32H37ClN6O4S/c1-44(41,42)38-12-9-30-27(21-38)31(36-39(30)11-2-10-37-13-15-43-16-14-37)25-7-8-28(33)24(18-25)6-4-22-3-5-23-19-29(32(34)40)35-20-26(23)17-22/h3,5,7-8,17-18,29,35H,2,9-16,19-21H2,1H3,(H2,34,40)/t29-/m0/s1. The number of amides is 1. The third-order valence-corrected chi connectivity index (χ3v) is 10.2. The zero-order valence-corrected chi connectivity index (χ0v) is 26.4. The monoisotopic (exact) mass is 636 g/mol. The van der Waals surface area contributed by atoms with Crippen molar-refractivity contribution < 1.29 is 17.9 Å². The summed E-state index contributed by atoms with van der Waals surface area (Å²) in [5.41, 5.74) is 12.8. The molecule has 0 spiro atoms. The first kappa shape index (κ1) is 30.8. The Balaban J connectivity index is 1.27. The number of nitrogens with zero attached hydrogens (tertiary/aromatic N) is 4. The molecule has 1 atom stereocenters. The number of hydrogen-bond acceptors (Lipinski definition) is 7. The first-order valence-electron chi connectivity index (χ1n) is 15.0. The summed E-state index contributed by atoms with van der Waals surface area (Å²) in [6, 6.07) is 11.3. The number of ether oxygens (including phenoxy) is 1. The molecule has 3 aliphatic heterocycles. The molecule has 44 heavy (non-hydrogen) atoms. The van der Waals surface area contributed by atoms with E-state index in [1.165, 1.54) is 10.6 Å². The van der Waals surface area contributed by atoms with Crippen LogP contribution in [0, 0.1) is 11.8 Å². The number of sulfonamides is 1. The van der Waals surface area contributed by atoms with Crippen molar-refractivity contribution in [3.05, 3.63) is 74.9 Å². The van der Waals surface area contributed by atoms with E-state index in [0.717, 1.165) is 85.0 Å². The first-order valence-corrected chi connectivity index (χ1v) is 17.2. The highest BCUT2D eigenvalue weighted by molar-refractivity contribution is 7.88. The van der Waals surface area contributed by atoms with Crippen molar-refractivity contribution in [2.24, 2.45) is 5.73 Å². The molecular weight excluding hydrogens is 600 g/mol. The summed E-state index contributed by atoms with van der Waals surface area (Å²) in [5.74, 6) is 6.12. The van der Waals surface area contributed by atoms with Gasteiger partial charge in [-0.25, -0.2) is 8.42 Å². The minimum Gasteiger partial charge on any atom is -0.379 e. The van der Waals surface area contributed by atoms with Crippen LogP contribution in [-0.2, 0) is 52.0 Å². The number of aromatic nitrogens is 2. The molecule has 0 unspecified atom stereocenters. The van der Waals surface area contributed by atoms with E-state index in [4.69, 9.17) is 27.2 Å². The topological polar surface area (TPSA) is 123 Å². The van der Waals surface area contributed by atoms with Crippen LogP contribution >= 0.6 is 11.6 Å². The molecule has 0 radical (unpaired) electrons. The largest absolute Gasteiger partial charge is 0.379 e.